The minimum atomic E-state index is -0.709. The Bertz CT molecular complexity index is 920. The predicted molar refractivity (Wildman–Crippen MR) is 98.6 cm³/mol. The molecule has 0 bridgehead atoms. The Labute approximate surface area is 156 Å². The van der Waals surface area contributed by atoms with Crippen LogP contribution in [-0.4, -0.2) is 53.7 Å². The van der Waals surface area contributed by atoms with Crippen LogP contribution in [0.2, 0.25) is 0 Å². The van der Waals surface area contributed by atoms with E-state index in [4.69, 9.17) is 9.47 Å². The fourth-order valence-electron chi connectivity index (χ4n) is 4.01. The van der Waals surface area contributed by atoms with Crippen molar-refractivity contribution in [2.75, 3.05) is 19.8 Å². The highest BCUT2D eigenvalue weighted by Crippen LogP contribution is 2.28. The summed E-state index contributed by atoms with van der Waals surface area (Å²) in [7, 11) is 0. The molecule has 2 aromatic rings. The topological polar surface area (TPSA) is 88.7 Å². The largest absolute Gasteiger partial charge is 0.451 e. The summed E-state index contributed by atoms with van der Waals surface area (Å²) in [4.78, 5) is 41.3. The highest BCUT2D eigenvalue weighted by molar-refractivity contribution is 5.94. The van der Waals surface area contributed by atoms with Gasteiger partial charge in [-0.2, -0.15) is 0 Å². The van der Waals surface area contributed by atoms with Gasteiger partial charge in [0.2, 0.25) is 0 Å². The number of rotatable bonds is 3. The minimum Gasteiger partial charge on any atom is -0.451 e. The van der Waals surface area contributed by atoms with Crippen molar-refractivity contribution in [2.24, 2.45) is 0 Å². The lowest BCUT2D eigenvalue weighted by Gasteiger charge is -2.43. The molecule has 0 radical (unpaired) electrons. The summed E-state index contributed by atoms with van der Waals surface area (Å²) in [6, 6.07) is 8.62. The van der Waals surface area contributed by atoms with Crippen molar-refractivity contribution >= 4 is 22.6 Å². The lowest BCUT2D eigenvalue weighted by molar-refractivity contribution is -0.152. The summed E-state index contributed by atoms with van der Waals surface area (Å²) >= 11 is 0. The Morgan fingerprint density at radius 2 is 2.04 bits per heavy atom. The van der Waals surface area contributed by atoms with Crippen LogP contribution < -0.4 is 5.56 Å². The normalized spacial score (nSPS) is 22.3. The van der Waals surface area contributed by atoms with Crippen molar-refractivity contribution < 1.29 is 19.1 Å². The molecule has 2 atom stereocenters. The maximum absolute atomic E-state index is 12.6. The first-order valence-corrected chi connectivity index (χ1v) is 9.34. The smallest absolute Gasteiger partial charge is 0.355 e. The van der Waals surface area contributed by atoms with Gasteiger partial charge in [-0.25, -0.2) is 4.79 Å². The van der Waals surface area contributed by atoms with Gasteiger partial charge in [-0.05, 0) is 30.4 Å². The van der Waals surface area contributed by atoms with Crippen molar-refractivity contribution in [3.05, 3.63) is 46.4 Å². The molecular formula is C20H22N2O5. The number of fused-ring (bicyclic) bond motifs is 2. The van der Waals surface area contributed by atoms with Crippen molar-refractivity contribution in [3.8, 4) is 0 Å². The summed E-state index contributed by atoms with van der Waals surface area (Å²) in [5.41, 5.74) is -0.311. The summed E-state index contributed by atoms with van der Waals surface area (Å²) in [6.45, 7) is 0.695. The van der Waals surface area contributed by atoms with E-state index < -0.39 is 5.97 Å². The molecule has 7 heteroatoms. The number of morpholine rings is 1. The minimum absolute atomic E-state index is 0.0454. The Hall–Kier alpha value is -2.67. The van der Waals surface area contributed by atoms with Gasteiger partial charge >= 0.3 is 5.97 Å². The molecule has 2 fully saturated rings. The van der Waals surface area contributed by atoms with Crippen molar-refractivity contribution in [1.29, 1.82) is 0 Å². The number of benzene rings is 1. The molecule has 0 spiro atoms. The van der Waals surface area contributed by atoms with Crippen LogP contribution in [0, 0.1) is 0 Å². The zero-order valence-corrected chi connectivity index (χ0v) is 15.0. The first kappa shape index (κ1) is 17.7. The average Bonchev–Trinajstić information content (AvgIpc) is 2.71. The van der Waals surface area contributed by atoms with Gasteiger partial charge in [-0.1, -0.05) is 31.0 Å². The van der Waals surface area contributed by atoms with Gasteiger partial charge < -0.3 is 19.4 Å². The van der Waals surface area contributed by atoms with Gasteiger partial charge in [0.05, 0.1) is 18.8 Å². The van der Waals surface area contributed by atoms with Gasteiger partial charge in [0.1, 0.15) is 5.69 Å². The number of nitrogens with zero attached hydrogens (tertiary/aromatic N) is 1. The van der Waals surface area contributed by atoms with E-state index in [9.17, 15) is 14.4 Å². The Morgan fingerprint density at radius 3 is 2.93 bits per heavy atom. The van der Waals surface area contributed by atoms with E-state index in [-0.39, 0.29) is 35.9 Å². The van der Waals surface area contributed by atoms with E-state index in [1.165, 1.54) is 0 Å². The lowest BCUT2D eigenvalue weighted by Crippen LogP contribution is -2.55. The van der Waals surface area contributed by atoms with Crippen LogP contribution >= 0.6 is 0 Å². The van der Waals surface area contributed by atoms with Crippen LogP contribution in [0.25, 0.3) is 10.8 Å². The second-order valence-electron chi connectivity index (χ2n) is 7.02. The summed E-state index contributed by atoms with van der Waals surface area (Å²) in [5.74, 6) is -0.925. The fraction of sp³-hybridized carbons (Fsp3) is 0.450. The number of hydrogen-bond acceptors (Lipinski definition) is 5. The molecule has 4 rings (SSSR count). The molecule has 1 aliphatic carbocycles. The van der Waals surface area contributed by atoms with Gasteiger partial charge in [-0.15, -0.1) is 0 Å². The Kier molecular flexibility index (Phi) is 4.94. The van der Waals surface area contributed by atoms with Crippen LogP contribution in [0.15, 0.2) is 35.1 Å². The zero-order valence-electron chi connectivity index (χ0n) is 15.0. The molecule has 2 unspecified atom stereocenters. The van der Waals surface area contributed by atoms with Crippen LogP contribution in [0.4, 0.5) is 0 Å². The van der Waals surface area contributed by atoms with Crippen LogP contribution in [0.3, 0.4) is 0 Å². The van der Waals surface area contributed by atoms with E-state index in [1.54, 1.807) is 35.2 Å². The van der Waals surface area contributed by atoms with Gasteiger partial charge in [-0.3, -0.25) is 9.59 Å². The van der Waals surface area contributed by atoms with Crippen LogP contribution in [0.5, 0.6) is 0 Å². The number of H-pyrrole nitrogens is 1. The van der Waals surface area contributed by atoms with Crippen molar-refractivity contribution in [2.45, 2.75) is 37.8 Å². The molecule has 1 aliphatic heterocycles. The average molecular weight is 370 g/mol. The van der Waals surface area contributed by atoms with Crippen LogP contribution in [0.1, 0.15) is 36.2 Å². The Morgan fingerprint density at radius 1 is 1.22 bits per heavy atom. The maximum Gasteiger partial charge on any atom is 0.355 e. The van der Waals surface area contributed by atoms with E-state index in [0.29, 0.717) is 23.9 Å². The number of aromatic nitrogens is 1. The molecule has 7 nitrogen and oxygen atoms in total. The van der Waals surface area contributed by atoms with E-state index in [2.05, 4.69) is 4.98 Å². The SMILES string of the molecule is O=C(OCC(=O)N1CCOC2CCCCC21)c1cc2ccccc2c(=O)[nH]1. The number of carbonyl (C=O) groups excluding carboxylic acids is 2. The summed E-state index contributed by atoms with van der Waals surface area (Å²) in [5, 5.41) is 1.15. The number of aromatic amines is 1. The van der Waals surface area contributed by atoms with Crippen LogP contribution in [-0.2, 0) is 14.3 Å². The number of ether oxygens (including phenoxy) is 2. The second-order valence-corrected chi connectivity index (χ2v) is 7.02. The maximum atomic E-state index is 12.6. The quantitative estimate of drug-likeness (QED) is 0.833. The number of amides is 1. The molecule has 1 aromatic carbocycles. The molecule has 1 N–H and O–H groups in total. The number of esters is 1. The van der Waals surface area contributed by atoms with Crippen molar-refractivity contribution in [1.82, 2.24) is 9.88 Å². The summed E-state index contributed by atoms with van der Waals surface area (Å²) in [6.07, 6.45) is 4.17. The molecule has 1 saturated carbocycles. The number of nitrogens with one attached hydrogen (secondary N) is 1. The molecule has 27 heavy (non-hydrogen) atoms. The summed E-state index contributed by atoms with van der Waals surface area (Å²) < 4.78 is 11.0. The third-order valence-electron chi connectivity index (χ3n) is 5.35. The third kappa shape index (κ3) is 3.60. The fourth-order valence-corrected chi connectivity index (χ4v) is 4.01. The number of hydrogen-bond donors (Lipinski definition) is 1. The highest BCUT2D eigenvalue weighted by atomic mass is 16.5. The highest BCUT2D eigenvalue weighted by Gasteiger charge is 2.36. The van der Waals surface area contributed by atoms with Gasteiger partial charge in [0.15, 0.2) is 6.61 Å². The molecule has 1 saturated heterocycles. The molecule has 2 aliphatic rings. The lowest BCUT2D eigenvalue weighted by atomic mass is 9.90. The van der Waals surface area contributed by atoms with Gasteiger partial charge in [0, 0.05) is 11.9 Å². The standard InChI is InChI=1S/C20H22N2O5/c23-18(22-9-10-26-17-8-4-3-7-16(17)22)12-27-20(25)15-11-13-5-1-2-6-14(13)19(24)21-15/h1-2,5-6,11,16-17H,3-4,7-10,12H2,(H,21,24). The van der Waals surface area contributed by atoms with E-state index >= 15 is 0 Å². The Balaban J connectivity index is 1.43. The number of pyridine rings is 1. The number of carbonyl (C=O) groups is 2. The zero-order chi connectivity index (χ0) is 18.8. The molecule has 2 heterocycles. The predicted octanol–water partition coefficient (Wildman–Crippen LogP) is 1.85. The first-order valence-electron chi connectivity index (χ1n) is 9.34. The van der Waals surface area contributed by atoms with E-state index in [0.717, 1.165) is 25.7 Å². The molecule has 142 valence electrons. The molecule has 1 amide bonds. The second kappa shape index (κ2) is 7.52. The molecule has 1 aromatic heterocycles. The first-order chi connectivity index (χ1) is 13.1. The van der Waals surface area contributed by atoms with E-state index in [1.807, 2.05) is 0 Å². The third-order valence-corrected chi connectivity index (χ3v) is 5.35. The monoisotopic (exact) mass is 370 g/mol. The van der Waals surface area contributed by atoms with Gasteiger partial charge in [0.25, 0.3) is 11.5 Å². The molecular weight excluding hydrogens is 348 g/mol. The van der Waals surface area contributed by atoms with Crippen molar-refractivity contribution in [3.63, 3.8) is 0 Å².